The zero-order chi connectivity index (χ0) is 8.36. The quantitative estimate of drug-likeness (QED) is 0.464. The van der Waals surface area contributed by atoms with Gasteiger partial charge < -0.3 is 4.55 Å². The Kier molecular flexibility index (Phi) is 10.1. The van der Waals surface area contributed by atoms with E-state index in [1.807, 2.05) is 6.08 Å². The molecule has 0 amide bonds. The summed E-state index contributed by atoms with van der Waals surface area (Å²) < 4.78 is 8.34. The highest BCUT2D eigenvalue weighted by atomic mass is 32.2. The van der Waals surface area contributed by atoms with Crippen molar-refractivity contribution < 1.29 is 4.55 Å². The summed E-state index contributed by atoms with van der Waals surface area (Å²) in [5.41, 5.74) is 0. The molecule has 0 spiro atoms. The largest absolute Gasteiger partial charge is 0.326 e. The second kappa shape index (κ2) is 10.0. The summed E-state index contributed by atoms with van der Waals surface area (Å²) in [6.07, 6.45) is 9.75. The Labute approximate surface area is 74.1 Å². The predicted octanol–water partition coefficient (Wildman–Crippen LogP) is 4.07. The van der Waals surface area contributed by atoms with Crippen LogP contribution in [0, 0.1) is 0 Å². The molecule has 0 aromatic carbocycles. The minimum atomic E-state index is 0.789. The van der Waals surface area contributed by atoms with Crippen LogP contribution in [0.15, 0.2) is 11.5 Å². The van der Waals surface area contributed by atoms with E-state index in [1.165, 1.54) is 32.1 Å². The average molecular weight is 174 g/mol. The topological polar surface area (TPSA) is 20.2 Å². The van der Waals surface area contributed by atoms with Gasteiger partial charge in [0.1, 0.15) is 0 Å². The Balaban J connectivity index is 2.85. The molecule has 0 heterocycles. The summed E-state index contributed by atoms with van der Waals surface area (Å²) in [4.78, 5) is 0. The van der Waals surface area contributed by atoms with Crippen LogP contribution in [-0.2, 0) is 0 Å². The minimum absolute atomic E-state index is 0.789. The van der Waals surface area contributed by atoms with Crippen molar-refractivity contribution in [1.29, 1.82) is 0 Å². The third kappa shape index (κ3) is 10.1. The van der Waals surface area contributed by atoms with Gasteiger partial charge in [-0.2, -0.15) is 0 Å². The molecule has 0 unspecified atom stereocenters. The summed E-state index contributed by atoms with van der Waals surface area (Å²) in [5, 5.41) is 1.74. The van der Waals surface area contributed by atoms with Gasteiger partial charge in [0.15, 0.2) is 0 Å². The summed E-state index contributed by atoms with van der Waals surface area (Å²) in [6.45, 7) is 2.22. The number of hydrogen-bond acceptors (Lipinski definition) is 2. The van der Waals surface area contributed by atoms with Gasteiger partial charge in [-0.15, -0.1) is 0 Å². The summed E-state index contributed by atoms with van der Waals surface area (Å²) >= 11 is 0.789. The van der Waals surface area contributed by atoms with Crippen LogP contribution in [0.5, 0.6) is 0 Å². The van der Waals surface area contributed by atoms with Crippen molar-refractivity contribution >= 4 is 12.0 Å². The first-order chi connectivity index (χ1) is 5.41. The van der Waals surface area contributed by atoms with Crippen molar-refractivity contribution in [3.05, 3.63) is 11.5 Å². The number of allylic oxidation sites excluding steroid dienone is 1. The van der Waals surface area contributed by atoms with E-state index in [4.69, 9.17) is 4.55 Å². The van der Waals surface area contributed by atoms with Crippen LogP contribution >= 0.6 is 12.0 Å². The molecule has 0 bridgehead atoms. The van der Waals surface area contributed by atoms with E-state index in [0.717, 1.165) is 18.5 Å². The molecule has 1 N–H and O–H groups in total. The molecule has 0 rings (SSSR count). The zero-order valence-corrected chi connectivity index (χ0v) is 8.07. The van der Waals surface area contributed by atoms with Crippen LogP contribution in [0.1, 0.15) is 45.4 Å². The lowest BCUT2D eigenvalue weighted by Crippen LogP contribution is -1.75. The van der Waals surface area contributed by atoms with Gasteiger partial charge in [-0.3, -0.25) is 0 Å². The second-order valence-electron chi connectivity index (χ2n) is 2.68. The van der Waals surface area contributed by atoms with E-state index < -0.39 is 0 Å². The zero-order valence-electron chi connectivity index (χ0n) is 7.25. The van der Waals surface area contributed by atoms with Gasteiger partial charge in [0, 0.05) is 12.0 Å². The van der Waals surface area contributed by atoms with Crippen molar-refractivity contribution in [2.45, 2.75) is 45.4 Å². The summed E-state index contributed by atoms with van der Waals surface area (Å²) in [6, 6.07) is 0. The maximum atomic E-state index is 8.34. The Morgan fingerprint density at radius 1 is 1.18 bits per heavy atom. The molecule has 0 aliphatic heterocycles. The fraction of sp³-hybridized carbons (Fsp3) is 0.778. The molecular formula is C9H18OS. The second-order valence-corrected chi connectivity index (χ2v) is 3.16. The highest BCUT2D eigenvalue weighted by Crippen LogP contribution is 2.06. The smallest absolute Gasteiger partial charge is 0.0160 e. The molecule has 66 valence electrons. The van der Waals surface area contributed by atoms with Gasteiger partial charge in [0.25, 0.3) is 0 Å². The lowest BCUT2D eigenvalue weighted by atomic mass is 10.1. The van der Waals surface area contributed by atoms with E-state index in [1.54, 1.807) is 5.41 Å². The van der Waals surface area contributed by atoms with Gasteiger partial charge >= 0.3 is 0 Å². The molecule has 0 fully saturated rings. The number of rotatable bonds is 7. The normalized spacial score (nSPS) is 11.1. The monoisotopic (exact) mass is 174 g/mol. The van der Waals surface area contributed by atoms with Crippen molar-refractivity contribution in [2.75, 3.05) is 0 Å². The van der Waals surface area contributed by atoms with E-state index in [2.05, 4.69) is 6.92 Å². The molecule has 2 heteroatoms. The van der Waals surface area contributed by atoms with E-state index >= 15 is 0 Å². The predicted molar refractivity (Wildman–Crippen MR) is 52.7 cm³/mol. The highest BCUT2D eigenvalue weighted by Gasteiger charge is 1.85. The molecule has 0 saturated carbocycles. The Bertz CT molecular complexity index is 91.6. The minimum Gasteiger partial charge on any atom is -0.326 e. The van der Waals surface area contributed by atoms with Crippen LogP contribution in [0.3, 0.4) is 0 Å². The molecule has 0 saturated heterocycles. The van der Waals surface area contributed by atoms with Crippen molar-refractivity contribution in [1.82, 2.24) is 0 Å². The molecule has 0 atom stereocenters. The molecule has 0 aliphatic carbocycles. The number of unbranched alkanes of at least 4 members (excludes halogenated alkanes) is 5. The van der Waals surface area contributed by atoms with E-state index in [-0.39, 0.29) is 0 Å². The molecule has 0 aliphatic rings. The van der Waals surface area contributed by atoms with Gasteiger partial charge in [-0.05, 0) is 18.2 Å². The van der Waals surface area contributed by atoms with Crippen LogP contribution in [0.4, 0.5) is 0 Å². The molecule has 0 aromatic rings. The first kappa shape index (κ1) is 11.1. The van der Waals surface area contributed by atoms with Crippen LogP contribution in [-0.4, -0.2) is 4.55 Å². The van der Waals surface area contributed by atoms with Crippen LogP contribution in [0.2, 0.25) is 0 Å². The number of hydrogen-bond donors (Lipinski definition) is 1. The Hall–Kier alpha value is 0.0500. The molecule has 0 aromatic heterocycles. The third-order valence-corrected chi connectivity index (χ3v) is 1.95. The Morgan fingerprint density at radius 3 is 2.55 bits per heavy atom. The highest BCUT2D eigenvalue weighted by molar-refractivity contribution is 7.96. The molecule has 0 radical (unpaired) electrons. The van der Waals surface area contributed by atoms with Crippen molar-refractivity contribution in [3.8, 4) is 0 Å². The lowest BCUT2D eigenvalue weighted by molar-refractivity contribution is 0.637. The van der Waals surface area contributed by atoms with E-state index in [9.17, 15) is 0 Å². The molecule has 11 heavy (non-hydrogen) atoms. The first-order valence-electron chi connectivity index (χ1n) is 4.37. The fourth-order valence-corrected chi connectivity index (χ4v) is 1.20. The maximum Gasteiger partial charge on any atom is 0.0160 e. The van der Waals surface area contributed by atoms with Gasteiger partial charge in [0.05, 0.1) is 0 Å². The van der Waals surface area contributed by atoms with Crippen molar-refractivity contribution in [2.24, 2.45) is 0 Å². The summed E-state index contributed by atoms with van der Waals surface area (Å²) in [7, 11) is 0. The van der Waals surface area contributed by atoms with Gasteiger partial charge in [0.2, 0.25) is 0 Å². The summed E-state index contributed by atoms with van der Waals surface area (Å²) in [5.74, 6) is 0. The van der Waals surface area contributed by atoms with Crippen molar-refractivity contribution in [3.63, 3.8) is 0 Å². The fourth-order valence-electron chi connectivity index (χ4n) is 0.977. The lowest BCUT2D eigenvalue weighted by Gasteiger charge is -1.95. The van der Waals surface area contributed by atoms with Gasteiger partial charge in [-0.1, -0.05) is 38.7 Å². The van der Waals surface area contributed by atoms with Gasteiger partial charge in [-0.25, -0.2) is 0 Å². The van der Waals surface area contributed by atoms with Crippen LogP contribution < -0.4 is 0 Å². The molecular weight excluding hydrogens is 156 g/mol. The maximum absolute atomic E-state index is 8.34. The Morgan fingerprint density at radius 2 is 1.91 bits per heavy atom. The SMILES string of the molecule is CCCCCCCC=CSO. The average Bonchev–Trinajstić information content (AvgIpc) is 2.03. The van der Waals surface area contributed by atoms with E-state index in [0.29, 0.717) is 0 Å². The standard InChI is InChI=1S/C9H18OS/c1-2-3-4-5-6-7-8-9-11-10/h8-10H,2-7H2,1H3. The molecule has 1 nitrogen and oxygen atoms in total. The van der Waals surface area contributed by atoms with Crippen LogP contribution in [0.25, 0.3) is 0 Å². The first-order valence-corrected chi connectivity index (χ1v) is 5.20. The third-order valence-electron chi connectivity index (χ3n) is 1.63.